The lowest BCUT2D eigenvalue weighted by Gasteiger charge is -2.25. The van der Waals surface area contributed by atoms with Gasteiger partial charge >= 0.3 is 0 Å². The van der Waals surface area contributed by atoms with Gasteiger partial charge in [-0.3, -0.25) is 9.48 Å². The number of hydrogen-bond acceptors (Lipinski definition) is 2. The topological polar surface area (TPSA) is 34.9 Å². The van der Waals surface area contributed by atoms with E-state index in [9.17, 15) is 4.79 Å². The minimum Gasteiger partial charge on any atom is -0.299 e. The quantitative estimate of drug-likeness (QED) is 0.817. The highest BCUT2D eigenvalue weighted by atomic mass is 79.9. The maximum Gasteiger partial charge on any atom is 0.144 e. The lowest BCUT2D eigenvalue weighted by molar-refractivity contribution is -0.128. The molecule has 1 aliphatic carbocycles. The van der Waals surface area contributed by atoms with Crippen molar-refractivity contribution >= 4 is 21.7 Å². The van der Waals surface area contributed by atoms with Crippen LogP contribution < -0.4 is 0 Å². The van der Waals surface area contributed by atoms with Crippen molar-refractivity contribution in [3.8, 4) is 0 Å². The molecule has 2 rings (SSSR count). The van der Waals surface area contributed by atoms with Gasteiger partial charge in [0.2, 0.25) is 0 Å². The fourth-order valence-corrected chi connectivity index (χ4v) is 3.68. The van der Waals surface area contributed by atoms with Gasteiger partial charge in [-0.05, 0) is 49.0 Å². The van der Waals surface area contributed by atoms with E-state index in [1.807, 2.05) is 11.6 Å². The van der Waals surface area contributed by atoms with Crippen molar-refractivity contribution in [2.75, 3.05) is 0 Å². The van der Waals surface area contributed by atoms with E-state index in [0.717, 1.165) is 41.7 Å². The number of halogens is 1. The Morgan fingerprint density at radius 2 is 2.00 bits per heavy atom. The molecule has 0 saturated heterocycles. The summed E-state index contributed by atoms with van der Waals surface area (Å²) in [5, 5.41) is 4.47. The summed E-state index contributed by atoms with van der Waals surface area (Å²) in [6.07, 6.45) is 6.03. The third-order valence-corrected chi connectivity index (χ3v) is 5.64. The standard InChI is InChI=1S/C15H23BrN2O/c1-4-15(8-6-7-9-15)13(19)10-12-14(16)11(3)17-18(12)5-2/h4-10H2,1-3H3. The summed E-state index contributed by atoms with van der Waals surface area (Å²) in [4.78, 5) is 12.7. The van der Waals surface area contributed by atoms with Gasteiger partial charge in [0.05, 0.1) is 22.3 Å². The minimum atomic E-state index is -0.0593. The highest BCUT2D eigenvalue weighted by Crippen LogP contribution is 2.42. The predicted molar refractivity (Wildman–Crippen MR) is 80.2 cm³/mol. The molecule has 0 aromatic carbocycles. The third kappa shape index (κ3) is 2.64. The van der Waals surface area contributed by atoms with Crippen molar-refractivity contribution < 1.29 is 4.79 Å². The lowest BCUT2D eigenvalue weighted by atomic mass is 9.77. The van der Waals surface area contributed by atoms with Gasteiger partial charge in [-0.25, -0.2) is 0 Å². The molecule has 106 valence electrons. The third-order valence-electron chi connectivity index (χ3n) is 4.61. The largest absolute Gasteiger partial charge is 0.299 e. The molecular weight excluding hydrogens is 304 g/mol. The molecule has 0 aliphatic heterocycles. The number of aryl methyl sites for hydroxylation is 2. The summed E-state index contributed by atoms with van der Waals surface area (Å²) >= 11 is 3.58. The van der Waals surface area contributed by atoms with E-state index in [-0.39, 0.29) is 5.41 Å². The van der Waals surface area contributed by atoms with Gasteiger partial charge in [0.15, 0.2) is 0 Å². The van der Waals surface area contributed by atoms with Crippen LogP contribution in [0.3, 0.4) is 0 Å². The first-order valence-electron chi connectivity index (χ1n) is 7.29. The van der Waals surface area contributed by atoms with Crippen LogP contribution in [-0.2, 0) is 17.8 Å². The molecule has 4 heteroatoms. The Kier molecular flexibility index (Phi) is 4.49. The Morgan fingerprint density at radius 3 is 2.53 bits per heavy atom. The number of carbonyl (C=O) groups excluding carboxylic acids is 1. The average Bonchev–Trinajstić information content (AvgIpc) is 2.99. The van der Waals surface area contributed by atoms with E-state index in [1.165, 1.54) is 12.8 Å². The summed E-state index contributed by atoms with van der Waals surface area (Å²) in [5.41, 5.74) is 1.96. The molecule has 0 N–H and O–H groups in total. The zero-order chi connectivity index (χ0) is 14.0. The van der Waals surface area contributed by atoms with Crippen LogP contribution in [0.5, 0.6) is 0 Å². The molecule has 1 aliphatic rings. The monoisotopic (exact) mass is 326 g/mol. The minimum absolute atomic E-state index is 0.0593. The molecular formula is C15H23BrN2O. The normalized spacial score (nSPS) is 17.9. The molecule has 0 spiro atoms. The van der Waals surface area contributed by atoms with Gasteiger partial charge in [0, 0.05) is 12.0 Å². The van der Waals surface area contributed by atoms with Crippen molar-refractivity contribution in [3.05, 3.63) is 15.9 Å². The molecule has 1 fully saturated rings. The number of ketones is 1. The van der Waals surface area contributed by atoms with Crippen molar-refractivity contribution in [2.45, 2.75) is 65.8 Å². The summed E-state index contributed by atoms with van der Waals surface area (Å²) < 4.78 is 2.96. The van der Waals surface area contributed by atoms with E-state index in [1.54, 1.807) is 0 Å². The van der Waals surface area contributed by atoms with Gasteiger partial charge in [0.1, 0.15) is 5.78 Å². The number of nitrogens with zero attached hydrogens (tertiary/aromatic N) is 2. The van der Waals surface area contributed by atoms with Gasteiger partial charge in [-0.15, -0.1) is 0 Å². The SMILES string of the molecule is CCn1nc(C)c(Br)c1CC(=O)C1(CC)CCCC1. The van der Waals surface area contributed by atoms with E-state index in [4.69, 9.17) is 0 Å². The van der Waals surface area contributed by atoms with Crippen molar-refractivity contribution in [2.24, 2.45) is 5.41 Å². The second-order valence-corrected chi connectivity index (χ2v) is 6.40. The Hall–Kier alpha value is -0.640. The highest BCUT2D eigenvalue weighted by molar-refractivity contribution is 9.10. The maximum atomic E-state index is 12.7. The van der Waals surface area contributed by atoms with Gasteiger partial charge in [0.25, 0.3) is 0 Å². The van der Waals surface area contributed by atoms with Crippen molar-refractivity contribution in [1.29, 1.82) is 0 Å². The maximum absolute atomic E-state index is 12.7. The van der Waals surface area contributed by atoms with E-state index in [2.05, 4.69) is 34.9 Å². The summed E-state index contributed by atoms with van der Waals surface area (Å²) in [6, 6.07) is 0. The zero-order valence-corrected chi connectivity index (χ0v) is 13.7. The van der Waals surface area contributed by atoms with E-state index >= 15 is 0 Å². The summed E-state index contributed by atoms with van der Waals surface area (Å²) in [6.45, 7) is 7.02. The van der Waals surface area contributed by atoms with Crippen LogP contribution in [0, 0.1) is 12.3 Å². The van der Waals surface area contributed by atoms with Crippen molar-refractivity contribution in [1.82, 2.24) is 9.78 Å². The number of rotatable bonds is 5. The smallest absolute Gasteiger partial charge is 0.144 e. The summed E-state index contributed by atoms with van der Waals surface area (Å²) in [5.74, 6) is 0.405. The molecule has 1 saturated carbocycles. The molecule has 0 bridgehead atoms. The molecule has 0 amide bonds. The fraction of sp³-hybridized carbons (Fsp3) is 0.733. The highest BCUT2D eigenvalue weighted by Gasteiger charge is 2.39. The van der Waals surface area contributed by atoms with Crippen LogP contribution in [0.25, 0.3) is 0 Å². The first kappa shape index (κ1) is 14.8. The molecule has 3 nitrogen and oxygen atoms in total. The van der Waals surface area contributed by atoms with Crippen molar-refractivity contribution in [3.63, 3.8) is 0 Å². The molecule has 0 radical (unpaired) electrons. The number of carbonyl (C=O) groups is 1. The first-order chi connectivity index (χ1) is 9.04. The molecule has 1 heterocycles. The van der Waals surface area contributed by atoms with Crippen LogP contribution in [0.15, 0.2) is 4.47 Å². The number of aromatic nitrogens is 2. The molecule has 1 aromatic heterocycles. The second-order valence-electron chi connectivity index (χ2n) is 5.60. The zero-order valence-electron chi connectivity index (χ0n) is 12.1. The molecule has 1 aromatic rings. The second kappa shape index (κ2) is 5.78. The number of hydrogen-bond donors (Lipinski definition) is 0. The summed E-state index contributed by atoms with van der Waals surface area (Å²) in [7, 11) is 0. The van der Waals surface area contributed by atoms with Crippen LogP contribution >= 0.6 is 15.9 Å². The fourth-order valence-electron chi connectivity index (χ4n) is 3.26. The molecule has 0 atom stereocenters. The predicted octanol–water partition coefficient (Wildman–Crippen LogP) is 4.06. The van der Waals surface area contributed by atoms with E-state index in [0.29, 0.717) is 12.2 Å². The Morgan fingerprint density at radius 1 is 1.37 bits per heavy atom. The average molecular weight is 327 g/mol. The Balaban J connectivity index is 2.23. The number of Topliss-reactive ketones (excluding diaryl/α,β-unsaturated/α-hetero) is 1. The molecule has 0 unspecified atom stereocenters. The Bertz CT molecular complexity index is 473. The van der Waals surface area contributed by atoms with Crippen LogP contribution in [-0.4, -0.2) is 15.6 Å². The van der Waals surface area contributed by atoms with Crippen LogP contribution in [0.1, 0.15) is 57.3 Å². The lowest BCUT2D eigenvalue weighted by Crippen LogP contribution is -2.29. The first-order valence-corrected chi connectivity index (χ1v) is 8.08. The van der Waals surface area contributed by atoms with Gasteiger partial charge in [-0.2, -0.15) is 5.10 Å². The molecule has 19 heavy (non-hydrogen) atoms. The van der Waals surface area contributed by atoms with Crippen LogP contribution in [0.4, 0.5) is 0 Å². The Labute approximate surface area is 123 Å². The van der Waals surface area contributed by atoms with Gasteiger partial charge in [-0.1, -0.05) is 19.8 Å². The van der Waals surface area contributed by atoms with Crippen LogP contribution in [0.2, 0.25) is 0 Å². The van der Waals surface area contributed by atoms with E-state index < -0.39 is 0 Å². The van der Waals surface area contributed by atoms with Gasteiger partial charge < -0.3 is 0 Å².